The van der Waals surface area contributed by atoms with Gasteiger partial charge in [-0.2, -0.15) is 0 Å². The molecule has 0 saturated carbocycles. The minimum atomic E-state index is -0.558. The number of imidazole rings is 1. The summed E-state index contributed by atoms with van der Waals surface area (Å²) in [4.78, 5) is 15.9. The van der Waals surface area contributed by atoms with Crippen LogP contribution in [-0.2, 0) is 24.7 Å². The molecular formula is C23H21N3O2. The van der Waals surface area contributed by atoms with Crippen molar-refractivity contribution < 1.29 is 10.0 Å². The van der Waals surface area contributed by atoms with Gasteiger partial charge in [0.2, 0.25) is 0 Å². The summed E-state index contributed by atoms with van der Waals surface area (Å²) in [7, 11) is 2.03. The fourth-order valence-electron chi connectivity index (χ4n) is 3.45. The summed E-state index contributed by atoms with van der Waals surface area (Å²) in [5, 5.41) is 11.1. The van der Waals surface area contributed by atoms with Crippen LogP contribution >= 0.6 is 0 Å². The van der Waals surface area contributed by atoms with Gasteiger partial charge in [-0.15, -0.1) is 0 Å². The molecule has 0 aliphatic carbocycles. The lowest BCUT2D eigenvalue weighted by Gasteiger charge is -2.05. The SMILES string of the molecule is Cn1c(CCc2ccc3ccccc3c2)nc2cc(/C=C/C(=O)NO)ccc21. The van der Waals surface area contributed by atoms with Gasteiger partial charge in [-0.25, -0.2) is 10.5 Å². The van der Waals surface area contributed by atoms with Crippen molar-refractivity contribution in [2.75, 3.05) is 0 Å². The highest BCUT2D eigenvalue weighted by molar-refractivity contribution is 5.91. The Balaban J connectivity index is 1.55. The van der Waals surface area contributed by atoms with E-state index in [1.807, 2.05) is 25.2 Å². The predicted octanol–water partition coefficient (Wildman–Crippen LogP) is 4.03. The van der Waals surface area contributed by atoms with E-state index in [4.69, 9.17) is 10.2 Å². The van der Waals surface area contributed by atoms with Crippen LogP contribution in [-0.4, -0.2) is 20.7 Å². The first-order valence-electron chi connectivity index (χ1n) is 9.19. The lowest BCUT2D eigenvalue weighted by Crippen LogP contribution is -2.14. The van der Waals surface area contributed by atoms with Gasteiger partial charge >= 0.3 is 0 Å². The van der Waals surface area contributed by atoms with Gasteiger partial charge < -0.3 is 4.57 Å². The molecule has 3 aromatic carbocycles. The van der Waals surface area contributed by atoms with Crippen LogP contribution in [0.1, 0.15) is 17.0 Å². The molecule has 5 heteroatoms. The van der Waals surface area contributed by atoms with E-state index < -0.39 is 5.91 Å². The van der Waals surface area contributed by atoms with Crippen molar-refractivity contribution in [2.24, 2.45) is 7.05 Å². The summed E-state index contributed by atoms with van der Waals surface area (Å²) >= 11 is 0. The fourth-order valence-corrected chi connectivity index (χ4v) is 3.45. The van der Waals surface area contributed by atoms with Crippen LogP contribution < -0.4 is 5.48 Å². The van der Waals surface area contributed by atoms with Gasteiger partial charge in [0, 0.05) is 19.5 Å². The number of hydroxylamine groups is 1. The summed E-state index contributed by atoms with van der Waals surface area (Å²) in [6, 6.07) is 20.8. The molecule has 0 fully saturated rings. The van der Waals surface area contributed by atoms with Crippen molar-refractivity contribution in [3.05, 3.63) is 83.7 Å². The Hall–Kier alpha value is -3.44. The maximum absolute atomic E-state index is 11.1. The Labute approximate surface area is 162 Å². The predicted molar refractivity (Wildman–Crippen MR) is 111 cm³/mol. The molecule has 2 N–H and O–H groups in total. The monoisotopic (exact) mass is 371 g/mol. The quantitative estimate of drug-likeness (QED) is 0.316. The molecule has 4 aromatic rings. The first kappa shape index (κ1) is 17.9. The Morgan fingerprint density at radius 1 is 1.07 bits per heavy atom. The second-order valence-corrected chi connectivity index (χ2v) is 6.83. The number of carbonyl (C=O) groups is 1. The maximum atomic E-state index is 11.1. The van der Waals surface area contributed by atoms with Crippen LogP contribution in [0.5, 0.6) is 0 Å². The van der Waals surface area contributed by atoms with Crippen LogP contribution in [0.15, 0.2) is 66.7 Å². The van der Waals surface area contributed by atoms with Crippen molar-refractivity contribution in [3.63, 3.8) is 0 Å². The topological polar surface area (TPSA) is 67.2 Å². The summed E-state index contributed by atoms with van der Waals surface area (Å²) in [6.45, 7) is 0. The molecule has 0 radical (unpaired) electrons. The highest BCUT2D eigenvalue weighted by atomic mass is 16.5. The molecule has 0 saturated heterocycles. The van der Waals surface area contributed by atoms with Crippen molar-refractivity contribution in [2.45, 2.75) is 12.8 Å². The number of hydrogen-bond donors (Lipinski definition) is 2. The third-order valence-corrected chi connectivity index (χ3v) is 4.99. The zero-order chi connectivity index (χ0) is 19.5. The van der Waals surface area contributed by atoms with Gasteiger partial charge in [-0.1, -0.05) is 48.5 Å². The summed E-state index contributed by atoms with van der Waals surface area (Å²) in [5.41, 5.74) is 5.68. The van der Waals surface area contributed by atoms with Gasteiger partial charge in [0.1, 0.15) is 5.82 Å². The van der Waals surface area contributed by atoms with Crippen molar-refractivity contribution in [3.8, 4) is 0 Å². The number of nitrogens with one attached hydrogen (secondary N) is 1. The number of nitrogens with zero attached hydrogens (tertiary/aromatic N) is 2. The Kier molecular flexibility index (Phi) is 4.91. The third kappa shape index (κ3) is 3.66. The maximum Gasteiger partial charge on any atom is 0.267 e. The molecule has 0 unspecified atom stereocenters. The Morgan fingerprint density at radius 3 is 2.71 bits per heavy atom. The molecule has 1 amide bonds. The van der Waals surface area contributed by atoms with E-state index in [-0.39, 0.29) is 0 Å². The highest BCUT2D eigenvalue weighted by Crippen LogP contribution is 2.20. The third-order valence-electron chi connectivity index (χ3n) is 4.99. The average molecular weight is 371 g/mol. The van der Waals surface area contributed by atoms with E-state index in [2.05, 4.69) is 47.0 Å². The van der Waals surface area contributed by atoms with E-state index in [9.17, 15) is 4.79 Å². The number of aromatic nitrogens is 2. The Morgan fingerprint density at radius 2 is 1.89 bits per heavy atom. The lowest BCUT2D eigenvalue weighted by molar-refractivity contribution is -0.124. The van der Waals surface area contributed by atoms with E-state index in [1.54, 1.807) is 11.6 Å². The molecule has 0 bridgehead atoms. The van der Waals surface area contributed by atoms with Crippen LogP contribution in [0, 0.1) is 0 Å². The number of benzene rings is 3. The molecule has 28 heavy (non-hydrogen) atoms. The molecule has 1 aromatic heterocycles. The number of fused-ring (bicyclic) bond motifs is 2. The molecule has 5 nitrogen and oxygen atoms in total. The van der Waals surface area contributed by atoms with Gasteiger partial charge in [-0.05, 0) is 46.5 Å². The van der Waals surface area contributed by atoms with Crippen LogP contribution in [0.3, 0.4) is 0 Å². The molecule has 0 atom stereocenters. The molecule has 1 heterocycles. The van der Waals surface area contributed by atoms with E-state index >= 15 is 0 Å². The highest BCUT2D eigenvalue weighted by Gasteiger charge is 2.08. The first-order valence-corrected chi connectivity index (χ1v) is 9.19. The minimum absolute atomic E-state index is 0.558. The number of carbonyl (C=O) groups excluding carboxylic acids is 1. The lowest BCUT2D eigenvalue weighted by atomic mass is 10.0. The van der Waals surface area contributed by atoms with E-state index in [0.717, 1.165) is 35.3 Å². The molecule has 0 spiro atoms. The smallest absolute Gasteiger partial charge is 0.267 e. The molecular weight excluding hydrogens is 350 g/mol. The van der Waals surface area contributed by atoms with Gasteiger partial charge in [-0.3, -0.25) is 10.0 Å². The molecule has 4 rings (SSSR count). The standard InChI is InChI=1S/C23H21N3O2/c1-26-21-11-7-17(9-13-23(27)25-28)15-20(21)24-22(26)12-8-16-6-10-18-4-2-3-5-19(18)14-16/h2-7,9-11,13-15,28H,8,12H2,1H3,(H,25,27)/b13-9+. The van der Waals surface area contributed by atoms with Gasteiger partial charge in [0.25, 0.3) is 5.91 Å². The normalized spacial score (nSPS) is 11.5. The van der Waals surface area contributed by atoms with E-state index in [0.29, 0.717) is 0 Å². The number of rotatable bonds is 5. The van der Waals surface area contributed by atoms with Gasteiger partial charge in [0.15, 0.2) is 0 Å². The second-order valence-electron chi connectivity index (χ2n) is 6.83. The van der Waals surface area contributed by atoms with Crippen LogP contribution in [0.25, 0.3) is 27.9 Å². The number of hydrogen-bond acceptors (Lipinski definition) is 3. The van der Waals surface area contributed by atoms with E-state index in [1.165, 1.54) is 22.4 Å². The summed E-state index contributed by atoms with van der Waals surface area (Å²) < 4.78 is 2.12. The summed E-state index contributed by atoms with van der Waals surface area (Å²) in [6.07, 6.45) is 4.70. The van der Waals surface area contributed by atoms with Crippen molar-refractivity contribution in [1.29, 1.82) is 0 Å². The minimum Gasteiger partial charge on any atom is -0.331 e. The van der Waals surface area contributed by atoms with Crippen molar-refractivity contribution >= 4 is 33.8 Å². The largest absolute Gasteiger partial charge is 0.331 e. The average Bonchev–Trinajstić information content (AvgIpc) is 3.05. The molecule has 0 aliphatic rings. The fraction of sp³-hybridized carbons (Fsp3) is 0.130. The van der Waals surface area contributed by atoms with Gasteiger partial charge in [0.05, 0.1) is 11.0 Å². The zero-order valence-electron chi connectivity index (χ0n) is 15.6. The van der Waals surface area contributed by atoms with Crippen LogP contribution in [0.2, 0.25) is 0 Å². The molecule has 140 valence electrons. The molecule has 0 aliphatic heterocycles. The Bertz CT molecular complexity index is 1190. The number of aryl methyl sites for hydroxylation is 3. The first-order chi connectivity index (χ1) is 13.6. The zero-order valence-corrected chi connectivity index (χ0v) is 15.6. The van der Waals surface area contributed by atoms with Crippen molar-refractivity contribution in [1.82, 2.24) is 15.0 Å². The number of amides is 1. The second kappa shape index (κ2) is 7.66. The summed E-state index contributed by atoms with van der Waals surface area (Å²) in [5.74, 6) is 0.467. The van der Waals surface area contributed by atoms with Crippen LogP contribution in [0.4, 0.5) is 0 Å².